The van der Waals surface area contributed by atoms with Crippen LogP contribution in [0.3, 0.4) is 0 Å². The number of carbonyl (C=O) groups excluding carboxylic acids is 1. The average molecular weight is 306 g/mol. The summed E-state index contributed by atoms with van der Waals surface area (Å²) in [6.07, 6.45) is 0. The van der Waals surface area contributed by atoms with Crippen molar-refractivity contribution in [2.24, 2.45) is 0 Å². The number of hydrogen-bond donors (Lipinski definition) is 2. The first-order valence-electron chi connectivity index (χ1n) is 6.44. The maximum atomic E-state index is 11.8. The molecule has 0 aromatic heterocycles. The number of anilines is 1. The third-order valence-corrected chi connectivity index (χ3v) is 3.32. The van der Waals surface area contributed by atoms with E-state index < -0.39 is 0 Å². The normalized spacial score (nSPS) is 10.2. The van der Waals surface area contributed by atoms with E-state index in [-0.39, 0.29) is 24.0 Å². The molecule has 0 aliphatic heterocycles. The molecule has 0 saturated heterocycles. The maximum Gasteiger partial charge on any atom is 0.262 e. The summed E-state index contributed by atoms with van der Waals surface area (Å²) in [5, 5.41) is 12.6. The SMILES string of the molecule is Cc1ccc(OCC(=O)Nc2cc(Cl)ccc2O)cc1C. The number of aryl methyl sites for hydroxylation is 2. The molecule has 0 atom stereocenters. The second-order valence-corrected chi connectivity index (χ2v) is 5.18. The minimum atomic E-state index is -0.370. The zero-order chi connectivity index (χ0) is 15.4. The van der Waals surface area contributed by atoms with Gasteiger partial charge < -0.3 is 15.2 Å². The number of carbonyl (C=O) groups is 1. The summed E-state index contributed by atoms with van der Waals surface area (Å²) >= 11 is 5.81. The van der Waals surface area contributed by atoms with Crippen LogP contribution in [-0.2, 0) is 4.79 Å². The largest absolute Gasteiger partial charge is 0.506 e. The van der Waals surface area contributed by atoms with Gasteiger partial charge in [-0.2, -0.15) is 0 Å². The van der Waals surface area contributed by atoms with E-state index in [2.05, 4.69) is 5.32 Å². The van der Waals surface area contributed by atoms with Crippen LogP contribution in [-0.4, -0.2) is 17.6 Å². The van der Waals surface area contributed by atoms with Gasteiger partial charge in [-0.3, -0.25) is 4.79 Å². The minimum absolute atomic E-state index is 0.0427. The summed E-state index contributed by atoms with van der Waals surface area (Å²) in [4.78, 5) is 11.8. The van der Waals surface area contributed by atoms with Gasteiger partial charge in [0.25, 0.3) is 5.91 Å². The fourth-order valence-electron chi connectivity index (χ4n) is 1.75. The fraction of sp³-hybridized carbons (Fsp3) is 0.188. The van der Waals surface area contributed by atoms with Crippen molar-refractivity contribution in [3.05, 3.63) is 52.5 Å². The number of phenols is 1. The number of amides is 1. The van der Waals surface area contributed by atoms with Crippen LogP contribution in [0.15, 0.2) is 36.4 Å². The highest BCUT2D eigenvalue weighted by Crippen LogP contribution is 2.26. The number of aromatic hydroxyl groups is 1. The molecule has 0 aliphatic rings. The Hall–Kier alpha value is -2.20. The van der Waals surface area contributed by atoms with Gasteiger partial charge in [-0.1, -0.05) is 17.7 Å². The molecule has 110 valence electrons. The number of ether oxygens (including phenoxy) is 1. The van der Waals surface area contributed by atoms with E-state index >= 15 is 0 Å². The van der Waals surface area contributed by atoms with Crippen molar-refractivity contribution in [3.8, 4) is 11.5 Å². The fourth-order valence-corrected chi connectivity index (χ4v) is 1.92. The van der Waals surface area contributed by atoms with Crippen molar-refractivity contribution >= 4 is 23.2 Å². The number of hydrogen-bond acceptors (Lipinski definition) is 3. The summed E-state index contributed by atoms with van der Waals surface area (Å²) < 4.78 is 5.42. The molecule has 0 saturated carbocycles. The Bertz CT molecular complexity index is 671. The lowest BCUT2D eigenvalue weighted by Crippen LogP contribution is -2.20. The van der Waals surface area contributed by atoms with Crippen molar-refractivity contribution < 1.29 is 14.6 Å². The second kappa shape index (κ2) is 6.50. The summed E-state index contributed by atoms with van der Waals surface area (Å²) in [5.74, 6) is 0.216. The monoisotopic (exact) mass is 305 g/mol. The van der Waals surface area contributed by atoms with Gasteiger partial charge in [0.05, 0.1) is 5.69 Å². The van der Waals surface area contributed by atoms with Crippen molar-refractivity contribution in [2.75, 3.05) is 11.9 Å². The number of phenolic OH excluding ortho intramolecular Hbond substituents is 1. The summed E-state index contributed by atoms with van der Waals surface area (Å²) in [6, 6.07) is 10.1. The number of rotatable bonds is 4. The Balaban J connectivity index is 1.95. The van der Waals surface area contributed by atoms with E-state index in [1.807, 2.05) is 32.0 Å². The molecule has 0 unspecified atom stereocenters. The topological polar surface area (TPSA) is 58.6 Å². The van der Waals surface area contributed by atoms with E-state index in [1.165, 1.54) is 18.2 Å². The van der Waals surface area contributed by atoms with Crippen LogP contribution < -0.4 is 10.1 Å². The predicted octanol–water partition coefficient (Wildman–Crippen LogP) is 3.68. The molecule has 0 spiro atoms. The van der Waals surface area contributed by atoms with E-state index in [0.29, 0.717) is 10.8 Å². The molecule has 4 nitrogen and oxygen atoms in total. The van der Waals surface area contributed by atoms with Gasteiger partial charge >= 0.3 is 0 Å². The molecule has 0 fully saturated rings. The maximum absolute atomic E-state index is 11.8. The van der Waals surface area contributed by atoms with Crippen LogP contribution in [0.2, 0.25) is 5.02 Å². The standard InChI is InChI=1S/C16H16ClNO3/c1-10-3-5-13(7-11(10)2)21-9-16(20)18-14-8-12(17)4-6-15(14)19/h3-8,19H,9H2,1-2H3,(H,18,20). The van der Waals surface area contributed by atoms with Gasteiger partial charge in [-0.25, -0.2) is 0 Å². The van der Waals surface area contributed by atoms with Gasteiger partial charge in [-0.05, 0) is 55.3 Å². The summed E-state index contributed by atoms with van der Waals surface area (Å²) in [5.41, 5.74) is 2.52. The van der Waals surface area contributed by atoms with Crippen LogP contribution in [0.4, 0.5) is 5.69 Å². The lowest BCUT2D eigenvalue weighted by molar-refractivity contribution is -0.118. The van der Waals surface area contributed by atoms with Gasteiger partial charge in [0.1, 0.15) is 11.5 Å². The minimum Gasteiger partial charge on any atom is -0.506 e. The first-order chi connectivity index (χ1) is 9.95. The number of halogens is 1. The molecule has 21 heavy (non-hydrogen) atoms. The quantitative estimate of drug-likeness (QED) is 0.847. The van der Waals surface area contributed by atoms with Crippen LogP contribution in [0.5, 0.6) is 11.5 Å². The third kappa shape index (κ3) is 4.13. The Morgan fingerprint density at radius 3 is 2.67 bits per heavy atom. The number of nitrogens with one attached hydrogen (secondary N) is 1. The van der Waals surface area contributed by atoms with E-state index in [1.54, 1.807) is 0 Å². The zero-order valence-electron chi connectivity index (χ0n) is 11.8. The highest BCUT2D eigenvalue weighted by atomic mass is 35.5. The van der Waals surface area contributed by atoms with E-state index in [9.17, 15) is 9.90 Å². The smallest absolute Gasteiger partial charge is 0.262 e. The summed E-state index contributed by atoms with van der Waals surface area (Å²) in [7, 11) is 0. The van der Waals surface area contributed by atoms with Crippen LogP contribution >= 0.6 is 11.6 Å². The van der Waals surface area contributed by atoms with E-state index in [0.717, 1.165) is 11.1 Å². The predicted molar refractivity (Wildman–Crippen MR) is 83.2 cm³/mol. The molecular weight excluding hydrogens is 290 g/mol. The van der Waals surface area contributed by atoms with Crippen molar-refractivity contribution in [3.63, 3.8) is 0 Å². The first-order valence-corrected chi connectivity index (χ1v) is 6.82. The van der Waals surface area contributed by atoms with Crippen LogP contribution in [0.1, 0.15) is 11.1 Å². The molecule has 2 N–H and O–H groups in total. The highest BCUT2D eigenvalue weighted by molar-refractivity contribution is 6.31. The van der Waals surface area contributed by atoms with E-state index in [4.69, 9.17) is 16.3 Å². The number of benzene rings is 2. The highest BCUT2D eigenvalue weighted by Gasteiger charge is 2.08. The molecule has 5 heteroatoms. The van der Waals surface area contributed by atoms with Crippen LogP contribution in [0, 0.1) is 13.8 Å². The van der Waals surface area contributed by atoms with Gasteiger partial charge in [0, 0.05) is 5.02 Å². The lowest BCUT2D eigenvalue weighted by atomic mass is 10.1. The Labute approximate surface area is 128 Å². The Morgan fingerprint density at radius 1 is 1.19 bits per heavy atom. The van der Waals surface area contributed by atoms with Crippen molar-refractivity contribution in [1.82, 2.24) is 0 Å². The molecule has 0 aliphatic carbocycles. The molecule has 2 rings (SSSR count). The van der Waals surface area contributed by atoms with Gasteiger partial charge in [0.2, 0.25) is 0 Å². The summed E-state index contributed by atoms with van der Waals surface area (Å²) in [6.45, 7) is 3.84. The molecule has 0 radical (unpaired) electrons. The Morgan fingerprint density at radius 2 is 1.95 bits per heavy atom. The first kappa shape index (κ1) is 15.2. The molecule has 1 amide bonds. The van der Waals surface area contributed by atoms with Crippen molar-refractivity contribution in [1.29, 1.82) is 0 Å². The van der Waals surface area contributed by atoms with Gasteiger partial charge in [-0.15, -0.1) is 0 Å². The third-order valence-electron chi connectivity index (χ3n) is 3.08. The molecule has 0 bridgehead atoms. The van der Waals surface area contributed by atoms with Crippen LogP contribution in [0.25, 0.3) is 0 Å². The molecule has 2 aromatic carbocycles. The zero-order valence-corrected chi connectivity index (χ0v) is 12.6. The Kier molecular flexibility index (Phi) is 4.70. The van der Waals surface area contributed by atoms with Crippen molar-refractivity contribution in [2.45, 2.75) is 13.8 Å². The molecule has 0 heterocycles. The molecule has 2 aromatic rings. The van der Waals surface area contributed by atoms with Gasteiger partial charge in [0.15, 0.2) is 6.61 Å². The molecular formula is C16H16ClNO3. The average Bonchev–Trinajstić information content (AvgIpc) is 2.44. The lowest BCUT2D eigenvalue weighted by Gasteiger charge is -2.10. The second-order valence-electron chi connectivity index (χ2n) is 4.74.